The van der Waals surface area contributed by atoms with E-state index in [2.05, 4.69) is 53.2 Å². The van der Waals surface area contributed by atoms with Crippen molar-refractivity contribution in [1.82, 2.24) is 9.47 Å². The minimum absolute atomic E-state index is 0.152. The van der Waals surface area contributed by atoms with Gasteiger partial charge in [0.15, 0.2) is 0 Å². The Morgan fingerprint density at radius 1 is 1.23 bits per heavy atom. The number of amides is 1. The standard InChI is InChI=1S/C18H21BrN2O/c1-2-20-13-16(19)12-17(20)18(22)21-10-8-15(9-11-21)14-6-4-3-5-7-14/h3-7,12-13,15H,2,8-11H2,1H3. The number of halogens is 1. The van der Waals surface area contributed by atoms with E-state index in [-0.39, 0.29) is 5.91 Å². The fourth-order valence-corrected chi connectivity index (χ4v) is 3.68. The number of rotatable bonds is 3. The molecule has 1 aliphatic heterocycles. The van der Waals surface area contributed by atoms with Gasteiger partial charge in [-0.25, -0.2) is 0 Å². The SMILES string of the molecule is CCn1cc(Br)cc1C(=O)N1CCC(c2ccccc2)CC1. The Kier molecular flexibility index (Phi) is 4.67. The van der Waals surface area contributed by atoms with Crippen LogP contribution in [0.1, 0.15) is 41.7 Å². The van der Waals surface area contributed by atoms with E-state index in [0.29, 0.717) is 5.92 Å². The van der Waals surface area contributed by atoms with Gasteiger partial charge in [0.2, 0.25) is 0 Å². The first-order valence-corrected chi connectivity index (χ1v) is 8.68. The highest BCUT2D eigenvalue weighted by Gasteiger charge is 2.26. The molecule has 116 valence electrons. The fourth-order valence-electron chi connectivity index (χ4n) is 3.22. The van der Waals surface area contributed by atoms with E-state index in [0.717, 1.165) is 42.6 Å². The van der Waals surface area contributed by atoms with Crippen molar-refractivity contribution in [3.8, 4) is 0 Å². The molecule has 22 heavy (non-hydrogen) atoms. The van der Waals surface area contributed by atoms with Gasteiger partial charge in [-0.3, -0.25) is 4.79 Å². The first-order valence-electron chi connectivity index (χ1n) is 7.89. The lowest BCUT2D eigenvalue weighted by molar-refractivity contribution is 0.0702. The third kappa shape index (κ3) is 3.12. The van der Waals surface area contributed by atoms with Crippen LogP contribution in [0.4, 0.5) is 0 Å². The Balaban J connectivity index is 1.67. The first kappa shape index (κ1) is 15.3. The number of carbonyl (C=O) groups excluding carboxylic acids is 1. The predicted octanol–water partition coefficient (Wildman–Crippen LogP) is 4.29. The Morgan fingerprint density at radius 2 is 1.91 bits per heavy atom. The Hall–Kier alpha value is -1.55. The Labute approximate surface area is 140 Å². The summed E-state index contributed by atoms with van der Waals surface area (Å²) < 4.78 is 2.98. The van der Waals surface area contributed by atoms with Crippen molar-refractivity contribution < 1.29 is 4.79 Å². The molecule has 0 unspecified atom stereocenters. The smallest absolute Gasteiger partial charge is 0.270 e. The number of nitrogens with zero attached hydrogens (tertiary/aromatic N) is 2. The Bertz CT molecular complexity index is 642. The molecule has 2 aromatic rings. The molecule has 0 spiro atoms. The van der Waals surface area contributed by atoms with E-state index in [4.69, 9.17) is 0 Å². The maximum Gasteiger partial charge on any atom is 0.270 e. The number of carbonyl (C=O) groups is 1. The summed E-state index contributed by atoms with van der Waals surface area (Å²) in [6.07, 6.45) is 4.07. The van der Waals surface area contributed by atoms with Crippen LogP contribution >= 0.6 is 15.9 Å². The van der Waals surface area contributed by atoms with Gasteiger partial charge in [-0.2, -0.15) is 0 Å². The van der Waals surface area contributed by atoms with Crippen LogP contribution < -0.4 is 0 Å². The second-order valence-corrected chi connectivity index (χ2v) is 6.72. The number of hydrogen-bond donors (Lipinski definition) is 0. The summed E-state index contributed by atoms with van der Waals surface area (Å²) >= 11 is 3.46. The van der Waals surface area contributed by atoms with Crippen molar-refractivity contribution in [1.29, 1.82) is 0 Å². The summed E-state index contributed by atoms with van der Waals surface area (Å²) in [4.78, 5) is 14.7. The molecule has 3 nitrogen and oxygen atoms in total. The van der Waals surface area contributed by atoms with Gasteiger partial charge in [0.05, 0.1) is 0 Å². The molecule has 1 aliphatic rings. The zero-order chi connectivity index (χ0) is 15.5. The summed E-state index contributed by atoms with van der Waals surface area (Å²) in [5.74, 6) is 0.731. The van der Waals surface area contributed by atoms with Gasteiger partial charge >= 0.3 is 0 Å². The first-order chi connectivity index (χ1) is 10.7. The molecule has 0 N–H and O–H groups in total. The van der Waals surface area contributed by atoms with Crippen molar-refractivity contribution in [3.05, 3.63) is 58.3 Å². The van der Waals surface area contributed by atoms with Gasteiger partial charge in [0.1, 0.15) is 5.69 Å². The summed E-state index contributed by atoms with van der Waals surface area (Å²) in [6, 6.07) is 12.6. The van der Waals surface area contributed by atoms with Crippen LogP contribution in [0.3, 0.4) is 0 Å². The molecular weight excluding hydrogens is 340 g/mol. The number of aromatic nitrogens is 1. The minimum atomic E-state index is 0.152. The van der Waals surface area contributed by atoms with E-state index in [1.54, 1.807) is 0 Å². The van der Waals surface area contributed by atoms with Crippen molar-refractivity contribution in [3.63, 3.8) is 0 Å². The monoisotopic (exact) mass is 360 g/mol. The summed E-state index contributed by atoms with van der Waals surface area (Å²) in [5.41, 5.74) is 2.18. The van der Waals surface area contributed by atoms with E-state index in [1.807, 2.05) is 21.7 Å². The molecule has 1 fully saturated rings. The fraction of sp³-hybridized carbons (Fsp3) is 0.389. The lowest BCUT2D eigenvalue weighted by Crippen LogP contribution is -2.38. The van der Waals surface area contributed by atoms with E-state index in [1.165, 1.54) is 5.56 Å². The van der Waals surface area contributed by atoms with Crippen LogP contribution in [0, 0.1) is 0 Å². The quantitative estimate of drug-likeness (QED) is 0.801. The third-order valence-electron chi connectivity index (χ3n) is 4.48. The number of aryl methyl sites for hydroxylation is 1. The van der Waals surface area contributed by atoms with Crippen LogP contribution in [0.5, 0.6) is 0 Å². The average Bonchev–Trinajstić information content (AvgIpc) is 2.96. The molecule has 0 radical (unpaired) electrons. The zero-order valence-corrected chi connectivity index (χ0v) is 14.4. The van der Waals surface area contributed by atoms with Gasteiger partial charge in [0, 0.05) is 30.3 Å². The van der Waals surface area contributed by atoms with Crippen LogP contribution in [0.15, 0.2) is 47.1 Å². The van der Waals surface area contributed by atoms with Gasteiger partial charge in [-0.15, -0.1) is 0 Å². The molecule has 2 heterocycles. The van der Waals surface area contributed by atoms with Gasteiger partial charge < -0.3 is 9.47 Å². The van der Waals surface area contributed by atoms with E-state index >= 15 is 0 Å². The molecule has 3 rings (SSSR count). The van der Waals surface area contributed by atoms with Gasteiger partial charge in [0.25, 0.3) is 5.91 Å². The van der Waals surface area contributed by atoms with Crippen LogP contribution in [-0.4, -0.2) is 28.5 Å². The average molecular weight is 361 g/mol. The highest BCUT2D eigenvalue weighted by molar-refractivity contribution is 9.10. The lowest BCUT2D eigenvalue weighted by atomic mass is 9.89. The van der Waals surface area contributed by atoms with E-state index in [9.17, 15) is 4.79 Å². The largest absolute Gasteiger partial charge is 0.343 e. The number of hydrogen-bond acceptors (Lipinski definition) is 1. The van der Waals surface area contributed by atoms with Crippen LogP contribution in [0.25, 0.3) is 0 Å². The third-order valence-corrected chi connectivity index (χ3v) is 4.91. The number of piperidine rings is 1. The Morgan fingerprint density at radius 3 is 2.55 bits per heavy atom. The molecule has 0 atom stereocenters. The molecule has 0 aliphatic carbocycles. The highest BCUT2D eigenvalue weighted by Crippen LogP contribution is 2.28. The summed E-state index contributed by atoms with van der Waals surface area (Å²) in [5, 5.41) is 0. The molecular formula is C18H21BrN2O. The molecule has 1 aromatic heterocycles. The molecule has 1 aromatic carbocycles. The van der Waals surface area contributed by atoms with Crippen LogP contribution in [-0.2, 0) is 6.54 Å². The van der Waals surface area contributed by atoms with E-state index < -0.39 is 0 Å². The maximum atomic E-state index is 12.7. The maximum absolute atomic E-state index is 12.7. The predicted molar refractivity (Wildman–Crippen MR) is 92.1 cm³/mol. The topological polar surface area (TPSA) is 25.2 Å². The van der Waals surface area contributed by atoms with Crippen molar-refractivity contribution >= 4 is 21.8 Å². The van der Waals surface area contributed by atoms with Crippen molar-refractivity contribution in [2.24, 2.45) is 0 Å². The highest BCUT2D eigenvalue weighted by atomic mass is 79.9. The molecule has 0 saturated carbocycles. The lowest BCUT2D eigenvalue weighted by Gasteiger charge is -2.32. The normalized spacial score (nSPS) is 16.0. The van der Waals surface area contributed by atoms with Gasteiger partial charge in [-0.1, -0.05) is 30.3 Å². The summed E-state index contributed by atoms with van der Waals surface area (Å²) in [7, 11) is 0. The molecule has 1 saturated heterocycles. The van der Waals surface area contributed by atoms with Crippen molar-refractivity contribution in [2.45, 2.75) is 32.2 Å². The van der Waals surface area contributed by atoms with Gasteiger partial charge in [-0.05, 0) is 53.2 Å². The van der Waals surface area contributed by atoms with Crippen molar-refractivity contribution in [2.75, 3.05) is 13.1 Å². The zero-order valence-electron chi connectivity index (χ0n) is 12.8. The minimum Gasteiger partial charge on any atom is -0.343 e. The number of benzene rings is 1. The second-order valence-electron chi connectivity index (χ2n) is 5.81. The summed E-state index contributed by atoms with van der Waals surface area (Å²) in [6.45, 7) is 4.55. The number of likely N-dealkylation sites (tertiary alicyclic amines) is 1. The second kappa shape index (κ2) is 6.69. The molecule has 1 amide bonds. The molecule has 0 bridgehead atoms. The molecule has 4 heteroatoms. The van der Waals surface area contributed by atoms with Crippen LogP contribution in [0.2, 0.25) is 0 Å².